The molecule has 0 heterocycles. The van der Waals surface area contributed by atoms with Crippen LogP contribution in [0.2, 0.25) is 0 Å². The molecule has 1 fully saturated rings. The summed E-state index contributed by atoms with van der Waals surface area (Å²) >= 11 is 0. The summed E-state index contributed by atoms with van der Waals surface area (Å²) in [5, 5.41) is 10.3. The number of hydrogen-bond acceptors (Lipinski definition) is 3. The quantitative estimate of drug-likeness (QED) is 0.758. The molecule has 0 unspecified atom stereocenters. The van der Waals surface area contributed by atoms with Gasteiger partial charge in [-0.05, 0) is 33.7 Å². The normalized spacial score (nSPS) is 18.6. The highest BCUT2D eigenvalue weighted by atomic mass is 16.3. The number of carbonyl (C=O) groups is 1. The molecule has 4 heteroatoms. The van der Waals surface area contributed by atoms with Gasteiger partial charge >= 0.3 is 0 Å². The summed E-state index contributed by atoms with van der Waals surface area (Å²) in [5.74, 6) is 0.152. The Hall–Kier alpha value is -0.610. The number of hydrogen-bond donors (Lipinski definition) is 1. The molecule has 1 N–H and O–H groups in total. The average molecular weight is 242 g/mol. The Morgan fingerprint density at radius 1 is 1.24 bits per heavy atom. The van der Waals surface area contributed by atoms with Gasteiger partial charge in [-0.15, -0.1) is 0 Å². The highest BCUT2D eigenvalue weighted by Crippen LogP contribution is 2.29. The van der Waals surface area contributed by atoms with E-state index in [2.05, 4.69) is 0 Å². The first-order chi connectivity index (χ1) is 8.00. The fourth-order valence-corrected chi connectivity index (χ4v) is 2.66. The van der Waals surface area contributed by atoms with Crippen LogP contribution in [0.3, 0.4) is 0 Å². The Morgan fingerprint density at radius 2 is 1.76 bits per heavy atom. The average Bonchev–Trinajstić information content (AvgIpc) is 2.66. The number of likely N-dealkylation sites (N-methyl/N-ethyl adjacent to an activating group) is 2. The van der Waals surface area contributed by atoms with E-state index < -0.39 is 5.60 Å². The largest absolute Gasteiger partial charge is 0.389 e. The molecule has 1 amide bonds. The minimum atomic E-state index is -0.557. The van der Waals surface area contributed by atoms with Gasteiger partial charge in [0.1, 0.15) is 0 Å². The van der Waals surface area contributed by atoms with E-state index in [9.17, 15) is 9.90 Å². The maximum atomic E-state index is 11.9. The van der Waals surface area contributed by atoms with Crippen molar-refractivity contribution in [3.8, 4) is 0 Å². The fourth-order valence-electron chi connectivity index (χ4n) is 2.66. The molecule has 0 aromatic rings. The van der Waals surface area contributed by atoms with Gasteiger partial charge in [-0.1, -0.05) is 12.8 Å². The van der Waals surface area contributed by atoms with Crippen molar-refractivity contribution in [3.05, 3.63) is 0 Å². The first kappa shape index (κ1) is 14.5. The van der Waals surface area contributed by atoms with Crippen LogP contribution >= 0.6 is 0 Å². The summed E-state index contributed by atoms with van der Waals surface area (Å²) in [4.78, 5) is 15.7. The van der Waals surface area contributed by atoms with Gasteiger partial charge in [0, 0.05) is 19.6 Å². The van der Waals surface area contributed by atoms with Crippen LogP contribution in [0.25, 0.3) is 0 Å². The van der Waals surface area contributed by atoms with Crippen molar-refractivity contribution in [1.82, 2.24) is 9.80 Å². The molecule has 0 aromatic heterocycles. The zero-order chi connectivity index (χ0) is 12.9. The zero-order valence-corrected chi connectivity index (χ0v) is 11.4. The van der Waals surface area contributed by atoms with E-state index in [1.807, 2.05) is 30.7 Å². The molecule has 0 spiro atoms. The second-order valence-corrected chi connectivity index (χ2v) is 5.17. The summed E-state index contributed by atoms with van der Waals surface area (Å²) in [7, 11) is 1.91. The Kier molecular flexibility index (Phi) is 5.40. The summed E-state index contributed by atoms with van der Waals surface area (Å²) in [6, 6.07) is 0. The van der Waals surface area contributed by atoms with Gasteiger partial charge in [0.15, 0.2) is 0 Å². The predicted octanol–water partition coefficient (Wildman–Crippen LogP) is 1.09. The van der Waals surface area contributed by atoms with Crippen molar-refractivity contribution < 1.29 is 9.90 Å². The number of aliphatic hydroxyl groups is 1. The first-order valence-electron chi connectivity index (χ1n) is 6.69. The van der Waals surface area contributed by atoms with E-state index in [-0.39, 0.29) is 5.91 Å². The zero-order valence-electron chi connectivity index (χ0n) is 11.4. The van der Waals surface area contributed by atoms with Crippen LogP contribution in [0.1, 0.15) is 39.5 Å². The molecule has 0 aromatic carbocycles. The van der Waals surface area contributed by atoms with Gasteiger partial charge in [-0.2, -0.15) is 0 Å². The van der Waals surface area contributed by atoms with E-state index in [4.69, 9.17) is 0 Å². The van der Waals surface area contributed by atoms with Crippen molar-refractivity contribution in [2.45, 2.75) is 45.1 Å². The molecule has 1 rings (SSSR count). The SMILES string of the molecule is CCN(CC)C(=O)CN(C)CC1(O)CCCC1. The fraction of sp³-hybridized carbons (Fsp3) is 0.923. The molecule has 1 aliphatic rings. The van der Waals surface area contributed by atoms with Gasteiger partial charge in [0.05, 0.1) is 12.1 Å². The summed E-state index contributed by atoms with van der Waals surface area (Å²) in [6.45, 7) is 6.52. The van der Waals surface area contributed by atoms with Crippen LogP contribution in [0.5, 0.6) is 0 Å². The molecule has 0 bridgehead atoms. The molecule has 1 saturated carbocycles. The van der Waals surface area contributed by atoms with Gasteiger partial charge in [-0.25, -0.2) is 0 Å². The molecule has 0 radical (unpaired) electrons. The summed E-state index contributed by atoms with van der Waals surface area (Å²) in [5.41, 5.74) is -0.557. The summed E-state index contributed by atoms with van der Waals surface area (Å²) in [6.07, 6.45) is 3.95. The van der Waals surface area contributed by atoms with Crippen molar-refractivity contribution in [1.29, 1.82) is 0 Å². The minimum absolute atomic E-state index is 0.152. The van der Waals surface area contributed by atoms with E-state index in [0.29, 0.717) is 13.1 Å². The smallest absolute Gasteiger partial charge is 0.236 e. The van der Waals surface area contributed by atoms with Gasteiger partial charge in [0.2, 0.25) is 5.91 Å². The highest BCUT2D eigenvalue weighted by molar-refractivity contribution is 5.78. The number of amides is 1. The van der Waals surface area contributed by atoms with Crippen LogP contribution in [-0.4, -0.2) is 59.6 Å². The maximum absolute atomic E-state index is 11.9. The minimum Gasteiger partial charge on any atom is -0.389 e. The monoisotopic (exact) mass is 242 g/mol. The number of carbonyl (C=O) groups excluding carboxylic acids is 1. The molecule has 0 aliphatic heterocycles. The molecule has 17 heavy (non-hydrogen) atoms. The second kappa shape index (κ2) is 6.36. The van der Waals surface area contributed by atoms with E-state index in [0.717, 1.165) is 38.8 Å². The van der Waals surface area contributed by atoms with Crippen LogP contribution in [0.4, 0.5) is 0 Å². The topological polar surface area (TPSA) is 43.8 Å². The summed E-state index contributed by atoms with van der Waals surface area (Å²) < 4.78 is 0. The lowest BCUT2D eigenvalue weighted by Crippen LogP contribution is -2.44. The Morgan fingerprint density at radius 3 is 2.24 bits per heavy atom. The lowest BCUT2D eigenvalue weighted by Gasteiger charge is -2.29. The molecular formula is C13H26N2O2. The third-order valence-electron chi connectivity index (χ3n) is 3.62. The Balaban J connectivity index is 2.38. The molecular weight excluding hydrogens is 216 g/mol. The molecule has 4 nitrogen and oxygen atoms in total. The molecule has 1 aliphatic carbocycles. The van der Waals surface area contributed by atoms with Crippen LogP contribution in [-0.2, 0) is 4.79 Å². The number of rotatable bonds is 6. The molecule has 0 saturated heterocycles. The highest BCUT2D eigenvalue weighted by Gasteiger charge is 2.32. The third-order valence-corrected chi connectivity index (χ3v) is 3.62. The standard InChI is InChI=1S/C13H26N2O2/c1-4-15(5-2)12(16)10-14(3)11-13(17)8-6-7-9-13/h17H,4-11H2,1-3H3. The third kappa shape index (κ3) is 4.28. The Bertz CT molecular complexity index is 246. The first-order valence-corrected chi connectivity index (χ1v) is 6.69. The van der Waals surface area contributed by atoms with E-state index in [1.54, 1.807) is 0 Å². The van der Waals surface area contributed by atoms with Crippen LogP contribution in [0.15, 0.2) is 0 Å². The molecule has 0 atom stereocenters. The van der Waals surface area contributed by atoms with E-state index in [1.165, 1.54) is 0 Å². The Labute approximate surface area is 105 Å². The van der Waals surface area contributed by atoms with Crippen LogP contribution < -0.4 is 0 Å². The van der Waals surface area contributed by atoms with Crippen molar-refractivity contribution in [2.75, 3.05) is 33.2 Å². The molecule has 100 valence electrons. The van der Waals surface area contributed by atoms with E-state index >= 15 is 0 Å². The van der Waals surface area contributed by atoms with Crippen molar-refractivity contribution in [2.24, 2.45) is 0 Å². The van der Waals surface area contributed by atoms with Crippen LogP contribution in [0, 0.1) is 0 Å². The lowest BCUT2D eigenvalue weighted by molar-refractivity contribution is -0.132. The van der Waals surface area contributed by atoms with Gasteiger partial charge in [0.25, 0.3) is 0 Å². The predicted molar refractivity (Wildman–Crippen MR) is 68.8 cm³/mol. The van der Waals surface area contributed by atoms with Gasteiger partial charge in [-0.3, -0.25) is 9.69 Å². The van der Waals surface area contributed by atoms with Crippen molar-refractivity contribution in [3.63, 3.8) is 0 Å². The maximum Gasteiger partial charge on any atom is 0.236 e. The van der Waals surface area contributed by atoms with Gasteiger partial charge < -0.3 is 10.0 Å². The second-order valence-electron chi connectivity index (χ2n) is 5.17. The van der Waals surface area contributed by atoms with Crippen molar-refractivity contribution >= 4 is 5.91 Å². The lowest BCUT2D eigenvalue weighted by atomic mass is 10.0. The number of nitrogens with zero attached hydrogens (tertiary/aromatic N) is 2.